The zero-order valence-electron chi connectivity index (χ0n) is 12.5. The molecule has 0 radical (unpaired) electrons. The standard InChI is InChI=1S/C16H14B2O5/c1-3-13-14-4-2-12(18-21-7-8-22-18)10-16(14)23-15(13)9-11(1)17-19-5-6-20-17/h1-4,9-10H,5-8H2. The van der Waals surface area contributed by atoms with Gasteiger partial charge in [-0.15, -0.1) is 0 Å². The molecule has 0 unspecified atom stereocenters. The molecule has 1 aromatic heterocycles. The molecule has 0 N–H and O–H groups in total. The smallest absolute Gasteiger partial charge is 0.456 e. The Morgan fingerprint density at radius 1 is 0.609 bits per heavy atom. The highest BCUT2D eigenvalue weighted by atomic mass is 16.6. The van der Waals surface area contributed by atoms with E-state index in [1.54, 1.807) is 0 Å². The highest BCUT2D eigenvalue weighted by molar-refractivity contribution is 6.62. The van der Waals surface area contributed by atoms with Gasteiger partial charge >= 0.3 is 14.2 Å². The summed E-state index contributed by atoms with van der Waals surface area (Å²) in [6.07, 6.45) is 0. The molecule has 0 spiro atoms. The lowest BCUT2D eigenvalue weighted by Crippen LogP contribution is -2.31. The van der Waals surface area contributed by atoms with E-state index in [9.17, 15) is 0 Å². The van der Waals surface area contributed by atoms with E-state index in [1.165, 1.54) is 0 Å². The predicted molar refractivity (Wildman–Crippen MR) is 88.3 cm³/mol. The molecule has 3 heterocycles. The third-order valence-corrected chi connectivity index (χ3v) is 4.31. The summed E-state index contributed by atoms with van der Waals surface area (Å²) < 4.78 is 28.2. The number of benzene rings is 2. The second-order valence-electron chi connectivity index (χ2n) is 5.76. The number of rotatable bonds is 2. The summed E-state index contributed by atoms with van der Waals surface area (Å²) in [5.74, 6) is 0. The SMILES string of the molecule is c1cc2c(cc1B1OCCO1)oc1cc(B3OCCO3)ccc12. The zero-order chi connectivity index (χ0) is 15.2. The quantitative estimate of drug-likeness (QED) is 0.663. The van der Waals surface area contributed by atoms with E-state index in [2.05, 4.69) is 12.1 Å². The van der Waals surface area contributed by atoms with Crippen LogP contribution in [-0.4, -0.2) is 40.7 Å². The van der Waals surface area contributed by atoms with Gasteiger partial charge in [0.2, 0.25) is 0 Å². The van der Waals surface area contributed by atoms with Crippen LogP contribution in [0.4, 0.5) is 0 Å². The molecule has 7 heteroatoms. The Bertz CT molecular complexity index is 795. The minimum atomic E-state index is -0.288. The first kappa shape index (κ1) is 13.6. The van der Waals surface area contributed by atoms with E-state index in [4.69, 9.17) is 23.0 Å². The molecule has 2 aromatic carbocycles. The van der Waals surface area contributed by atoms with E-state index < -0.39 is 0 Å². The van der Waals surface area contributed by atoms with Crippen molar-refractivity contribution in [3.8, 4) is 0 Å². The molecule has 0 amide bonds. The first-order valence-electron chi connectivity index (χ1n) is 7.81. The molecule has 0 bridgehead atoms. The van der Waals surface area contributed by atoms with Crippen molar-refractivity contribution in [2.24, 2.45) is 0 Å². The van der Waals surface area contributed by atoms with Crippen LogP contribution < -0.4 is 10.9 Å². The van der Waals surface area contributed by atoms with Crippen molar-refractivity contribution in [2.75, 3.05) is 26.4 Å². The van der Waals surface area contributed by atoms with Gasteiger partial charge in [0.25, 0.3) is 0 Å². The molecular formula is C16H14B2O5. The topological polar surface area (TPSA) is 50.1 Å². The lowest BCUT2D eigenvalue weighted by molar-refractivity contribution is 0.365. The maximum absolute atomic E-state index is 6.03. The van der Waals surface area contributed by atoms with Crippen molar-refractivity contribution >= 4 is 47.1 Å². The molecule has 5 nitrogen and oxygen atoms in total. The van der Waals surface area contributed by atoms with Crippen molar-refractivity contribution in [1.82, 2.24) is 0 Å². The molecule has 2 aliphatic rings. The van der Waals surface area contributed by atoms with E-state index in [0.29, 0.717) is 26.4 Å². The summed E-state index contributed by atoms with van der Waals surface area (Å²) in [5.41, 5.74) is 3.64. The van der Waals surface area contributed by atoms with Crippen LogP contribution in [0.2, 0.25) is 0 Å². The molecule has 0 aliphatic carbocycles. The fourth-order valence-corrected chi connectivity index (χ4v) is 3.21. The van der Waals surface area contributed by atoms with Gasteiger partial charge in [-0.2, -0.15) is 0 Å². The van der Waals surface area contributed by atoms with Crippen molar-refractivity contribution < 1.29 is 23.0 Å². The maximum atomic E-state index is 6.03. The van der Waals surface area contributed by atoms with Gasteiger partial charge in [-0.25, -0.2) is 0 Å². The maximum Gasteiger partial charge on any atom is 0.494 e. The average Bonchev–Trinajstić information content (AvgIpc) is 3.32. The summed E-state index contributed by atoms with van der Waals surface area (Å²) in [6.45, 7) is 2.53. The average molecular weight is 308 g/mol. The van der Waals surface area contributed by atoms with Crippen LogP contribution in [0.1, 0.15) is 0 Å². The molecule has 114 valence electrons. The minimum absolute atomic E-state index is 0.288. The van der Waals surface area contributed by atoms with Crippen LogP contribution in [0.5, 0.6) is 0 Å². The zero-order valence-corrected chi connectivity index (χ0v) is 12.5. The van der Waals surface area contributed by atoms with Gasteiger partial charge in [-0.05, 0) is 23.1 Å². The Balaban J connectivity index is 1.59. The second kappa shape index (κ2) is 5.39. The van der Waals surface area contributed by atoms with Crippen LogP contribution in [0, 0.1) is 0 Å². The van der Waals surface area contributed by atoms with Crippen molar-refractivity contribution in [3.63, 3.8) is 0 Å². The summed E-state index contributed by atoms with van der Waals surface area (Å²) >= 11 is 0. The van der Waals surface area contributed by atoms with E-state index in [0.717, 1.165) is 32.9 Å². The van der Waals surface area contributed by atoms with Gasteiger partial charge in [0, 0.05) is 10.8 Å². The van der Waals surface area contributed by atoms with Crippen LogP contribution >= 0.6 is 0 Å². The van der Waals surface area contributed by atoms with Crippen LogP contribution in [-0.2, 0) is 18.6 Å². The largest absolute Gasteiger partial charge is 0.494 e. The summed E-state index contributed by atoms with van der Waals surface area (Å²) in [7, 11) is -0.577. The molecule has 2 aliphatic heterocycles. The van der Waals surface area contributed by atoms with Crippen molar-refractivity contribution in [2.45, 2.75) is 0 Å². The molecule has 5 rings (SSSR count). The second-order valence-corrected chi connectivity index (χ2v) is 5.76. The van der Waals surface area contributed by atoms with Gasteiger partial charge in [-0.3, -0.25) is 0 Å². The van der Waals surface area contributed by atoms with E-state index >= 15 is 0 Å². The third-order valence-electron chi connectivity index (χ3n) is 4.31. The summed E-state index contributed by atoms with van der Waals surface area (Å²) in [5, 5.41) is 2.17. The number of hydrogen-bond acceptors (Lipinski definition) is 5. The van der Waals surface area contributed by atoms with Crippen LogP contribution in [0.3, 0.4) is 0 Å². The van der Waals surface area contributed by atoms with Crippen molar-refractivity contribution in [3.05, 3.63) is 36.4 Å². The molecule has 0 atom stereocenters. The van der Waals surface area contributed by atoms with Crippen LogP contribution in [0.25, 0.3) is 21.9 Å². The number of hydrogen-bond donors (Lipinski definition) is 0. The monoisotopic (exact) mass is 308 g/mol. The highest BCUT2D eigenvalue weighted by Gasteiger charge is 2.28. The Labute approximate surface area is 133 Å². The van der Waals surface area contributed by atoms with Gasteiger partial charge in [0.05, 0.1) is 26.4 Å². The van der Waals surface area contributed by atoms with Gasteiger partial charge in [0.15, 0.2) is 0 Å². The van der Waals surface area contributed by atoms with E-state index in [-0.39, 0.29) is 14.2 Å². The fourth-order valence-electron chi connectivity index (χ4n) is 3.21. The Morgan fingerprint density at radius 3 is 1.48 bits per heavy atom. The highest BCUT2D eigenvalue weighted by Crippen LogP contribution is 2.27. The first-order chi connectivity index (χ1) is 11.4. The van der Waals surface area contributed by atoms with E-state index in [1.807, 2.05) is 24.3 Å². The normalized spacial score (nSPS) is 18.6. The van der Waals surface area contributed by atoms with Gasteiger partial charge < -0.3 is 23.0 Å². The Morgan fingerprint density at radius 2 is 1.04 bits per heavy atom. The van der Waals surface area contributed by atoms with Gasteiger partial charge in [-0.1, -0.05) is 24.3 Å². The summed E-state index contributed by atoms with van der Waals surface area (Å²) in [4.78, 5) is 0. The predicted octanol–water partition coefficient (Wildman–Crippen LogP) is 1.07. The lowest BCUT2D eigenvalue weighted by Gasteiger charge is -2.03. The molecular weight excluding hydrogens is 294 g/mol. The first-order valence-corrected chi connectivity index (χ1v) is 7.81. The van der Waals surface area contributed by atoms with Crippen molar-refractivity contribution in [1.29, 1.82) is 0 Å². The Kier molecular flexibility index (Phi) is 3.19. The molecule has 2 fully saturated rings. The minimum Gasteiger partial charge on any atom is -0.456 e. The summed E-state index contributed by atoms with van der Waals surface area (Å²) in [6, 6.07) is 12.2. The van der Waals surface area contributed by atoms with Gasteiger partial charge in [0.1, 0.15) is 11.2 Å². The molecule has 23 heavy (non-hydrogen) atoms. The number of fused-ring (bicyclic) bond motifs is 3. The Hall–Kier alpha value is -1.79. The fraction of sp³-hybridized carbons (Fsp3) is 0.250. The molecule has 2 saturated heterocycles. The lowest BCUT2D eigenvalue weighted by atomic mass is 9.78. The molecule has 3 aromatic rings. The number of furan rings is 1. The third kappa shape index (κ3) is 2.28. The molecule has 0 saturated carbocycles. The van der Waals surface area contributed by atoms with Crippen LogP contribution in [0.15, 0.2) is 40.8 Å².